The lowest BCUT2D eigenvalue weighted by atomic mass is 10.1. The fourth-order valence-corrected chi connectivity index (χ4v) is 0.858. The summed E-state index contributed by atoms with van der Waals surface area (Å²) in [5.41, 5.74) is 7.36. The van der Waals surface area contributed by atoms with E-state index in [0.717, 1.165) is 6.42 Å². The van der Waals surface area contributed by atoms with Gasteiger partial charge in [-0.2, -0.15) is 0 Å². The molecule has 0 spiro atoms. The van der Waals surface area contributed by atoms with E-state index in [1.165, 1.54) is 5.56 Å². The maximum absolute atomic E-state index is 5.43. The van der Waals surface area contributed by atoms with Crippen molar-refractivity contribution in [3.8, 4) is 0 Å². The lowest BCUT2D eigenvalue weighted by Crippen LogP contribution is -1.98. The van der Waals surface area contributed by atoms with E-state index in [2.05, 4.69) is 6.58 Å². The monoisotopic (exact) mass is 163 g/mol. The van der Waals surface area contributed by atoms with Crippen LogP contribution >= 0.6 is 0 Å². The van der Waals surface area contributed by atoms with Crippen LogP contribution in [0.15, 0.2) is 42.6 Å². The van der Waals surface area contributed by atoms with Crippen LogP contribution in [-0.4, -0.2) is 0 Å². The normalized spacial score (nSPS) is 8.17. The predicted octanol–water partition coefficient (Wildman–Crippen LogP) is 2.73. The first-order chi connectivity index (χ1) is 5.79. The van der Waals surface area contributed by atoms with Gasteiger partial charge in [0.1, 0.15) is 0 Å². The van der Waals surface area contributed by atoms with E-state index in [4.69, 9.17) is 5.73 Å². The van der Waals surface area contributed by atoms with Crippen molar-refractivity contribution in [2.45, 2.75) is 20.3 Å². The van der Waals surface area contributed by atoms with E-state index < -0.39 is 0 Å². The molecule has 1 aromatic rings. The highest BCUT2D eigenvalue weighted by Gasteiger charge is 1.89. The van der Waals surface area contributed by atoms with Gasteiger partial charge in [0.2, 0.25) is 0 Å². The lowest BCUT2D eigenvalue weighted by Gasteiger charge is -1.97. The summed E-state index contributed by atoms with van der Waals surface area (Å²) in [5, 5.41) is 0. The van der Waals surface area contributed by atoms with Gasteiger partial charge in [0.15, 0.2) is 0 Å². The quantitative estimate of drug-likeness (QED) is 0.712. The van der Waals surface area contributed by atoms with E-state index in [-0.39, 0.29) is 0 Å². The SMILES string of the molecule is C=C(N)Cc1ccccc1.CC. The van der Waals surface area contributed by atoms with Crippen LogP contribution in [0.2, 0.25) is 0 Å². The van der Waals surface area contributed by atoms with Gasteiger partial charge in [-0.05, 0) is 5.56 Å². The van der Waals surface area contributed by atoms with Gasteiger partial charge in [-0.3, -0.25) is 0 Å². The van der Waals surface area contributed by atoms with Crippen LogP contribution in [0, 0.1) is 0 Å². The third-order valence-corrected chi connectivity index (χ3v) is 1.27. The second-order valence-electron chi connectivity index (χ2n) is 2.32. The molecule has 1 rings (SSSR count). The van der Waals surface area contributed by atoms with E-state index in [0.29, 0.717) is 5.70 Å². The second-order valence-corrected chi connectivity index (χ2v) is 2.32. The highest BCUT2D eigenvalue weighted by molar-refractivity contribution is 5.19. The Bertz CT molecular complexity index is 214. The zero-order valence-corrected chi connectivity index (χ0v) is 7.88. The largest absolute Gasteiger partial charge is 0.402 e. The number of nitrogens with two attached hydrogens (primary N) is 1. The molecule has 0 aliphatic heterocycles. The zero-order chi connectivity index (χ0) is 9.40. The first-order valence-electron chi connectivity index (χ1n) is 4.26. The Balaban J connectivity index is 0.000000561. The highest BCUT2D eigenvalue weighted by Crippen LogP contribution is 2.01. The molecule has 0 radical (unpaired) electrons. The molecular formula is C11H17N. The van der Waals surface area contributed by atoms with Gasteiger partial charge in [0.05, 0.1) is 0 Å². The first kappa shape index (κ1) is 10.8. The van der Waals surface area contributed by atoms with Crippen LogP contribution in [0.3, 0.4) is 0 Å². The number of rotatable bonds is 2. The molecule has 1 nitrogen and oxygen atoms in total. The fraction of sp³-hybridized carbons (Fsp3) is 0.273. The van der Waals surface area contributed by atoms with Gasteiger partial charge in [-0.15, -0.1) is 0 Å². The van der Waals surface area contributed by atoms with Gasteiger partial charge in [-0.25, -0.2) is 0 Å². The number of benzene rings is 1. The van der Waals surface area contributed by atoms with Crippen molar-refractivity contribution in [2.75, 3.05) is 0 Å². The molecule has 0 heterocycles. The maximum Gasteiger partial charge on any atom is 0.0115 e. The van der Waals surface area contributed by atoms with Crippen molar-refractivity contribution >= 4 is 0 Å². The summed E-state index contributed by atoms with van der Waals surface area (Å²) < 4.78 is 0. The molecule has 2 N–H and O–H groups in total. The average Bonchev–Trinajstić information content (AvgIpc) is 2.08. The van der Waals surface area contributed by atoms with Crippen LogP contribution in [0.25, 0.3) is 0 Å². The molecule has 0 amide bonds. The van der Waals surface area contributed by atoms with Crippen molar-refractivity contribution in [3.05, 3.63) is 48.2 Å². The molecule has 1 aromatic carbocycles. The zero-order valence-electron chi connectivity index (χ0n) is 7.88. The van der Waals surface area contributed by atoms with Crippen LogP contribution < -0.4 is 5.73 Å². The molecule has 0 saturated carbocycles. The Hall–Kier alpha value is -1.24. The Morgan fingerprint density at radius 1 is 1.25 bits per heavy atom. The molecular weight excluding hydrogens is 146 g/mol. The maximum atomic E-state index is 5.43. The Kier molecular flexibility index (Phi) is 5.80. The lowest BCUT2D eigenvalue weighted by molar-refractivity contribution is 1.12. The van der Waals surface area contributed by atoms with E-state index in [9.17, 15) is 0 Å². The third kappa shape index (κ3) is 4.56. The minimum Gasteiger partial charge on any atom is -0.402 e. The second kappa shape index (κ2) is 6.47. The standard InChI is InChI=1S/C9H11N.C2H6/c1-8(10)7-9-5-3-2-4-6-9;1-2/h2-6H,1,7,10H2;1-2H3. The van der Waals surface area contributed by atoms with Gasteiger partial charge >= 0.3 is 0 Å². The van der Waals surface area contributed by atoms with Crippen LogP contribution in [0.4, 0.5) is 0 Å². The predicted molar refractivity (Wildman–Crippen MR) is 54.8 cm³/mol. The molecule has 0 saturated heterocycles. The Morgan fingerprint density at radius 3 is 2.17 bits per heavy atom. The van der Waals surface area contributed by atoms with E-state index in [1.54, 1.807) is 0 Å². The summed E-state index contributed by atoms with van der Waals surface area (Å²) in [7, 11) is 0. The number of hydrogen-bond donors (Lipinski definition) is 1. The van der Waals surface area contributed by atoms with Crippen molar-refractivity contribution in [3.63, 3.8) is 0 Å². The summed E-state index contributed by atoms with van der Waals surface area (Å²) in [5.74, 6) is 0. The summed E-state index contributed by atoms with van der Waals surface area (Å²) >= 11 is 0. The van der Waals surface area contributed by atoms with Gasteiger partial charge in [0, 0.05) is 12.1 Å². The number of allylic oxidation sites excluding steroid dienone is 1. The summed E-state index contributed by atoms with van der Waals surface area (Å²) in [4.78, 5) is 0. The van der Waals surface area contributed by atoms with Crippen molar-refractivity contribution in [2.24, 2.45) is 5.73 Å². The molecule has 0 unspecified atom stereocenters. The smallest absolute Gasteiger partial charge is 0.0115 e. The van der Waals surface area contributed by atoms with Crippen LogP contribution in [-0.2, 0) is 6.42 Å². The van der Waals surface area contributed by atoms with Gasteiger partial charge < -0.3 is 5.73 Å². The van der Waals surface area contributed by atoms with Crippen LogP contribution in [0.5, 0.6) is 0 Å². The summed E-state index contributed by atoms with van der Waals surface area (Å²) in [6.45, 7) is 7.63. The molecule has 1 heteroatoms. The molecule has 12 heavy (non-hydrogen) atoms. The summed E-state index contributed by atoms with van der Waals surface area (Å²) in [6.07, 6.45) is 0.779. The molecule has 0 fully saturated rings. The Morgan fingerprint density at radius 2 is 1.75 bits per heavy atom. The van der Waals surface area contributed by atoms with Gasteiger partial charge in [-0.1, -0.05) is 50.8 Å². The molecule has 0 bridgehead atoms. The van der Waals surface area contributed by atoms with E-state index >= 15 is 0 Å². The minimum absolute atomic E-state index is 0.714. The van der Waals surface area contributed by atoms with E-state index in [1.807, 2.05) is 44.2 Å². The van der Waals surface area contributed by atoms with Gasteiger partial charge in [0.25, 0.3) is 0 Å². The Labute approximate surface area is 74.9 Å². The van der Waals surface area contributed by atoms with Crippen LogP contribution in [0.1, 0.15) is 19.4 Å². The highest BCUT2D eigenvalue weighted by atomic mass is 14.6. The molecule has 0 aliphatic carbocycles. The van der Waals surface area contributed by atoms with Crippen molar-refractivity contribution in [1.82, 2.24) is 0 Å². The molecule has 0 atom stereocenters. The topological polar surface area (TPSA) is 26.0 Å². The number of hydrogen-bond acceptors (Lipinski definition) is 1. The van der Waals surface area contributed by atoms with Crippen molar-refractivity contribution in [1.29, 1.82) is 0 Å². The first-order valence-corrected chi connectivity index (χ1v) is 4.26. The molecule has 0 aliphatic rings. The minimum atomic E-state index is 0.714. The summed E-state index contributed by atoms with van der Waals surface area (Å²) in [6, 6.07) is 10.1. The average molecular weight is 163 g/mol. The third-order valence-electron chi connectivity index (χ3n) is 1.27. The molecule has 66 valence electrons. The fourth-order valence-electron chi connectivity index (χ4n) is 0.858. The molecule has 0 aromatic heterocycles. The van der Waals surface area contributed by atoms with Crippen molar-refractivity contribution < 1.29 is 0 Å².